The maximum atomic E-state index is 6.23. The first-order valence-electron chi connectivity index (χ1n) is 18.4. The third-order valence-electron chi connectivity index (χ3n) is 10.5. The summed E-state index contributed by atoms with van der Waals surface area (Å²) in [6.07, 6.45) is 0. The van der Waals surface area contributed by atoms with Crippen LogP contribution in [0.15, 0.2) is 217 Å². The Bertz CT molecular complexity index is 2900. The van der Waals surface area contributed by atoms with E-state index < -0.39 is 0 Å². The summed E-state index contributed by atoms with van der Waals surface area (Å²) in [5.74, 6) is 0. The van der Waals surface area contributed by atoms with Crippen molar-refractivity contribution in [2.24, 2.45) is 0 Å². The molecule has 10 aromatic rings. The minimum atomic E-state index is 0.902. The van der Waals surface area contributed by atoms with Gasteiger partial charge < -0.3 is 9.32 Å². The molecule has 2 nitrogen and oxygen atoms in total. The summed E-state index contributed by atoms with van der Waals surface area (Å²) in [6.45, 7) is 0. The highest BCUT2D eigenvalue weighted by molar-refractivity contribution is 6.06. The maximum Gasteiger partial charge on any atom is 0.136 e. The van der Waals surface area contributed by atoms with Crippen molar-refractivity contribution in [3.05, 3.63) is 212 Å². The van der Waals surface area contributed by atoms with Gasteiger partial charge in [-0.05, 0) is 110 Å². The van der Waals surface area contributed by atoms with Gasteiger partial charge in [-0.15, -0.1) is 0 Å². The number of hydrogen-bond donors (Lipinski definition) is 0. The first kappa shape index (κ1) is 31.6. The normalized spacial score (nSPS) is 11.3. The molecule has 0 aliphatic rings. The second-order valence-electron chi connectivity index (χ2n) is 13.8. The van der Waals surface area contributed by atoms with Gasteiger partial charge in [0.2, 0.25) is 0 Å². The highest BCUT2D eigenvalue weighted by atomic mass is 16.3. The highest BCUT2D eigenvalue weighted by Crippen LogP contribution is 2.40. The van der Waals surface area contributed by atoms with Crippen molar-refractivity contribution in [3.8, 4) is 44.5 Å². The molecule has 0 saturated heterocycles. The van der Waals surface area contributed by atoms with Gasteiger partial charge in [0, 0.05) is 27.8 Å². The van der Waals surface area contributed by atoms with Crippen LogP contribution in [0.1, 0.15) is 0 Å². The lowest BCUT2D eigenvalue weighted by Gasteiger charge is -2.26. The van der Waals surface area contributed by atoms with Gasteiger partial charge in [-0.1, -0.05) is 158 Å². The lowest BCUT2D eigenvalue weighted by molar-refractivity contribution is 0.669. The number of nitrogens with zero attached hydrogens (tertiary/aromatic N) is 1. The van der Waals surface area contributed by atoms with Crippen molar-refractivity contribution >= 4 is 49.8 Å². The van der Waals surface area contributed by atoms with Crippen LogP contribution in [0.5, 0.6) is 0 Å². The Kier molecular flexibility index (Phi) is 7.85. The first-order valence-corrected chi connectivity index (χ1v) is 18.4. The van der Waals surface area contributed by atoms with Crippen molar-refractivity contribution in [2.45, 2.75) is 0 Å². The summed E-state index contributed by atoms with van der Waals surface area (Å²) in [4.78, 5) is 2.35. The van der Waals surface area contributed by atoms with Gasteiger partial charge in [-0.25, -0.2) is 0 Å². The minimum Gasteiger partial charge on any atom is -0.456 e. The Morgan fingerprint density at radius 3 is 1.50 bits per heavy atom. The predicted octanol–water partition coefficient (Wildman–Crippen LogP) is 14.9. The second-order valence-corrected chi connectivity index (χ2v) is 13.8. The van der Waals surface area contributed by atoms with E-state index in [1.165, 1.54) is 44.2 Å². The zero-order valence-electron chi connectivity index (χ0n) is 29.6. The van der Waals surface area contributed by atoms with Crippen LogP contribution in [-0.4, -0.2) is 0 Å². The Morgan fingerprint density at radius 2 is 0.778 bits per heavy atom. The lowest BCUT2D eigenvalue weighted by atomic mass is 9.97. The van der Waals surface area contributed by atoms with Gasteiger partial charge in [-0.2, -0.15) is 0 Å². The molecule has 54 heavy (non-hydrogen) atoms. The number of anilines is 3. The number of hydrogen-bond acceptors (Lipinski definition) is 2. The van der Waals surface area contributed by atoms with E-state index in [4.69, 9.17) is 4.42 Å². The maximum absolute atomic E-state index is 6.23. The van der Waals surface area contributed by atoms with Crippen molar-refractivity contribution < 1.29 is 4.42 Å². The molecule has 10 rings (SSSR count). The minimum absolute atomic E-state index is 0.902. The molecule has 1 aromatic heterocycles. The summed E-state index contributed by atoms with van der Waals surface area (Å²) in [5, 5.41) is 4.77. The van der Waals surface area contributed by atoms with Crippen LogP contribution in [-0.2, 0) is 0 Å². The fourth-order valence-corrected chi connectivity index (χ4v) is 7.73. The molecule has 9 aromatic carbocycles. The fraction of sp³-hybridized carbons (Fsp3) is 0. The SMILES string of the molecule is c1ccc(-c2ccc(-c3ccc(N(c4ccc(-c5ccc6c(c5)oc5ccccc56)cc4)c4cccc(-c5cccc6ccccc56)c4)cc3)cc2)cc1. The summed E-state index contributed by atoms with van der Waals surface area (Å²) in [7, 11) is 0. The standard InChI is InChI=1S/C52H35NO/c1-2-10-36(11-3-1)37-20-22-38(23-21-37)39-24-29-44(30-25-39)53(46-15-8-14-43(34-46)48-18-9-13-41-12-4-5-16-47(41)48)45-31-26-40(27-32-45)42-28-33-50-49-17-6-7-19-51(49)54-52(50)35-42/h1-35H. The summed E-state index contributed by atoms with van der Waals surface area (Å²) in [6, 6.07) is 75.9. The molecule has 0 aliphatic heterocycles. The summed E-state index contributed by atoms with van der Waals surface area (Å²) < 4.78 is 6.23. The lowest BCUT2D eigenvalue weighted by Crippen LogP contribution is -2.10. The Balaban J connectivity index is 1.03. The largest absolute Gasteiger partial charge is 0.456 e. The van der Waals surface area contributed by atoms with Gasteiger partial charge >= 0.3 is 0 Å². The fourth-order valence-electron chi connectivity index (χ4n) is 7.73. The van der Waals surface area contributed by atoms with E-state index in [-0.39, 0.29) is 0 Å². The molecule has 0 N–H and O–H groups in total. The van der Waals surface area contributed by atoms with Crippen LogP contribution in [0.4, 0.5) is 17.1 Å². The van der Waals surface area contributed by atoms with E-state index in [0.717, 1.165) is 50.1 Å². The average molecular weight is 690 g/mol. The predicted molar refractivity (Wildman–Crippen MR) is 228 cm³/mol. The zero-order chi connectivity index (χ0) is 35.8. The van der Waals surface area contributed by atoms with E-state index in [2.05, 4.69) is 205 Å². The molecule has 0 spiro atoms. The summed E-state index contributed by atoms with van der Waals surface area (Å²) in [5.41, 5.74) is 14.6. The van der Waals surface area contributed by atoms with Crippen LogP contribution >= 0.6 is 0 Å². The third kappa shape index (κ3) is 5.81. The van der Waals surface area contributed by atoms with Gasteiger partial charge in [0.1, 0.15) is 11.2 Å². The van der Waals surface area contributed by atoms with E-state index in [1.54, 1.807) is 0 Å². The highest BCUT2D eigenvalue weighted by Gasteiger charge is 2.16. The van der Waals surface area contributed by atoms with Gasteiger partial charge in [0.25, 0.3) is 0 Å². The quantitative estimate of drug-likeness (QED) is 0.166. The molecule has 0 atom stereocenters. The van der Waals surface area contributed by atoms with E-state index in [0.29, 0.717) is 0 Å². The Labute approximate surface area is 314 Å². The second kappa shape index (κ2) is 13.4. The smallest absolute Gasteiger partial charge is 0.136 e. The molecular formula is C52H35NO. The van der Waals surface area contributed by atoms with Crippen LogP contribution in [0.3, 0.4) is 0 Å². The number of rotatable bonds is 7. The monoisotopic (exact) mass is 689 g/mol. The van der Waals surface area contributed by atoms with Gasteiger partial charge in [0.05, 0.1) is 0 Å². The molecule has 0 saturated carbocycles. The molecule has 0 bridgehead atoms. The Morgan fingerprint density at radius 1 is 0.278 bits per heavy atom. The Hall–Kier alpha value is -7.16. The van der Waals surface area contributed by atoms with Crippen molar-refractivity contribution in [2.75, 3.05) is 4.90 Å². The van der Waals surface area contributed by atoms with Gasteiger partial charge in [-0.3, -0.25) is 0 Å². The molecule has 0 fully saturated rings. The molecule has 0 amide bonds. The van der Waals surface area contributed by atoms with Crippen LogP contribution in [0.2, 0.25) is 0 Å². The molecule has 0 unspecified atom stereocenters. The van der Waals surface area contributed by atoms with Crippen molar-refractivity contribution in [1.29, 1.82) is 0 Å². The number of fused-ring (bicyclic) bond motifs is 4. The molecule has 1 heterocycles. The topological polar surface area (TPSA) is 16.4 Å². The molecule has 0 aliphatic carbocycles. The number of furan rings is 1. The van der Waals surface area contributed by atoms with E-state index in [9.17, 15) is 0 Å². The van der Waals surface area contributed by atoms with Crippen molar-refractivity contribution in [1.82, 2.24) is 0 Å². The van der Waals surface area contributed by atoms with Crippen LogP contribution < -0.4 is 4.90 Å². The molecular weight excluding hydrogens is 655 g/mol. The van der Waals surface area contributed by atoms with E-state index >= 15 is 0 Å². The van der Waals surface area contributed by atoms with Crippen LogP contribution in [0.25, 0.3) is 77.2 Å². The van der Waals surface area contributed by atoms with E-state index in [1.807, 2.05) is 12.1 Å². The molecule has 254 valence electrons. The zero-order valence-corrected chi connectivity index (χ0v) is 29.6. The van der Waals surface area contributed by atoms with Gasteiger partial charge in [0.15, 0.2) is 0 Å². The number of benzene rings is 9. The van der Waals surface area contributed by atoms with Crippen LogP contribution in [0, 0.1) is 0 Å². The molecule has 0 radical (unpaired) electrons. The average Bonchev–Trinajstić information content (AvgIpc) is 3.63. The van der Waals surface area contributed by atoms with Crippen molar-refractivity contribution in [3.63, 3.8) is 0 Å². The molecule has 2 heteroatoms. The third-order valence-corrected chi connectivity index (χ3v) is 10.5. The summed E-state index contributed by atoms with van der Waals surface area (Å²) >= 11 is 0. The first-order chi connectivity index (χ1) is 26.7. The number of para-hydroxylation sites is 1.